The van der Waals surface area contributed by atoms with E-state index in [9.17, 15) is 0 Å². The standard InChI is InChI=1S/C15H22ClN3.HI/c1-15(2,3)19-14(17)18-13-8-11(9-13)10-4-6-12(16)7-5-10;/h4-7,11,13H,8-9H2,1-3H3,(H3,17,18,19);1H. The van der Waals surface area contributed by atoms with E-state index in [2.05, 4.69) is 43.2 Å². The maximum Gasteiger partial charge on any atom is 0.189 e. The Labute approximate surface area is 143 Å². The van der Waals surface area contributed by atoms with E-state index >= 15 is 0 Å². The molecule has 0 atom stereocenters. The fourth-order valence-electron chi connectivity index (χ4n) is 2.31. The van der Waals surface area contributed by atoms with E-state index in [0.717, 1.165) is 17.9 Å². The summed E-state index contributed by atoms with van der Waals surface area (Å²) >= 11 is 5.89. The number of guanidine groups is 1. The number of hydrogen-bond donors (Lipinski definition) is 2. The number of benzene rings is 1. The van der Waals surface area contributed by atoms with E-state index in [1.54, 1.807) is 0 Å². The number of rotatable bonds is 2. The summed E-state index contributed by atoms with van der Waals surface area (Å²) in [5, 5.41) is 3.98. The second-order valence-electron chi connectivity index (χ2n) is 6.26. The highest BCUT2D eigenvalue weighted by molar-refractivity contribution is 14.0. The maximum absolute atomic E-state index is 5.90. The predicted octanol–water partition coefficient (Wildman–Crippen LogP) is 3.91. The predicted molar refractivity (Wildman–Crippen MR) is 97.1 cm³/mol. The molecule has 0 aliphatic heterocycles. The largest absolute Gasteiger partial charge is 0.370 e. The SMILES string of the molecule is CC(C)(C)NC(N)=NC1CC(c2ccc(Cl)cc2)C1.I. The van der Waals surface area contributed by atoms with Crippen molar-refractivity contribution in [1.29, 1.82) is 0 Å². The first-order valence-electron chi connectivity index (χ1n) is 6.70. The molecule has 1 aromatic carbocycles. The van der Waals surface area contributed by atoms with Crippen molar-refractivity contribution in [1.82, 2.24) is 5.32 Å². The van der Waals surface area contributed by atoms with Crippen LogP contribution in [0.15, 0.2) is 29.3 Å². The number of hydrogen-bond acceptors (Lipinski definition) is 1. The first-order valence-corrected chi connectivity index (χ1v) is 7.08. The van der Waals surface area contributed by atoms with E-state index in [4.69, 9.17) is 17.3 Å². The smallest absolute Gasteiger partial charge is 0.189 e. The molecule has 20 heavy (non-hydrogen) atoms. The van der Waals surface area contributed by atoms with Crippen LogP contribution in [0.1, 0.15) is 45.1 Å². The van der Waals surface area contributed by atoms with Crippen molar-refractivity contribution in [2.45, 2.75) is 51.1 Å². The van der Waals surface area contributed by atoms with Gasteiger partial charge >= 0.3 is 0 Å². The third kappa shape index (κ3) is 5.13. The molecule has 1 aromatic rings. The van der Waals surface area contributed by atoms with Gasteiger partial charge in [-0.05, 0) is 57.2 Å². The topological polar surface area (TPSA) is 50.4 Å². The summed E-state index contributed by atoms with van der Waals surface area (Å²) in [7, 11) is 0. The number of aliphatic imine (C=N–C) groups is 1. The average molecular weight is 408 g/mol. The molecule has 1 saturated carbocycles. The van der Waals surface area contributed by atoms with Crippen molar-refractivity contribution in [2.24, 2.45) is 10.7 Å². The van der Waals surface area contributed by atoms with Crippen LogP contribution in [0, 0.1) is 0 Å². The molecule has 0 spiro atoms. The first kappa shape index (κ1) is 17.6. The van der Waals surface area contributed by atoms with Gasteiger partial charge in [-0.25, -0.2) is 0 Å². The van der Waals surface area contributed by atoms with Gasteiger partial charge in [-0.3, -0.25) is 4.99 Å². The van der Waals surface area contributed by atoms with Gasteiger partial charge in [0.25, 0.3) is 0 Å². The second-order valence-corrected chi connectivity index (χ2v) is 6.70. The summed E-state index contributed by atoms with van der Waals surface area (Å²) in [6.07, 6.45) is 2.13. The van der Waals surface area contributed by atoms with E-state index in [0.29, 0.717) is 17.9 Å². The summed E-state index contributed by atoms with van der Waals surface area (Å²) in [5.74, 6) is 1.14. The highest BCUT2D eigenvalue weighted by Crippen LogP contribution is 2.39. The summed E-state index contributed by atoms with van der Waals surface area (Å²) < 4.78 is 0. The Balaban J connectivity index is 0.00000200. The molecule has 3 nitrogen and oxygen atoms in total. The van der Waals surface area contributed by atoms with Gasteiger partial charge in [-0.2, -0.15) is 0 Å². The Morgan fingerprint density at radius 3 is 2.30 bits per heavy atom. The lowest BCUT2D eigenvalue weighted by atomic mass is 9.76. The quantitative estimate of drug-likeness (QED) is 0.444. The summed E-state index contributed by atoms with van der Waals surface area (Å²) in [5.41, 5.74) is 7.21. The normalized spacial score (nSPS) is 22.7. The van der Waals surface area contributed by atoms with Crippen molar-refractivity contribution < 1.29 is 0 Å². The van der Waals surface area contributed by atoms with E-state index < -0.39 is 0 Å². The molecule has 0 amide bonds. The molecule has 3 N–H and O–H groups in total. The molecule has 0 saturated heterocycles. The van der Waals surface area contributed by atoms with Crippen molar-refractivity contribution >= 4 is 41.5 Å². The Hall–Kier alpha value is -0.490. The van der Waals surface area contributed by atoms with Crippen LogP contribution in [0.5, 0.6) is 0 Å². The van der Waals surface area contributed by atoms with Gasteiger partial charge < -0.3 is 11.1 Å². The van der Waals surface area contributed by atoms with Crippen LogP contribution >= 0.6 is 35.6 Å². The van der Waals surface area contributed by atoms with E-state index in [1.165, 1.54) is 5.56 Å². The number of nitrogens with one attached hydrogen (secondary N) is 1. The molecule has 0 bridgehead atoms. The molecule has 0 aromatic heterocycles. The van der Waals surface area contributed by atoms with Crippen molar-refractivity contribution in [3.63, 3.8) is 0 Å². The van der Waals surface area contributed by atoms with Gasteiger partial charge in [-0.15, -0.1) is 24.0 Å². The van der Waals surface area contributed by atoms with E-state index in [1.807, 2.05) is 12.1 Å². The molecule has 0 unspecified atom stereocenters. The Morgan fingerprint density at radius 2 is 1.80 bits per heavy atom. The summed E-state index contributed by atoms with van der Waals surface area (Å²) in [6.45, 7) is 6.23. The zero-order valence-electron chi connectivity index (χ0n) is 12.2. The molecule has 0 heterocycles. The molecule has 1 aliphatic rings. The van der Waals surface area contributed by atoms with Gasteiger partial charge in [0, 0.05) is 10.6 Å². The van der Waals surface area contributed by atoms with Crippen molar-refractivity contribution in [2.75, 3.05) is 0 Å². The van der Waals surface area contributed by atoms with Crippen LogP contribution in [-0.4, -0.2) is 17.5 Å². The minimum absolute atomic E-state index is 0. The molecule has 112 valence electrons. The molecule has 5 heteroatoms. The van der Waals surface area contributed by atoms with Crippen molar-refractivity contribution in [3.05, 3.63) is 34.9 Å². The molecule has 1 aliphatic carbocycles. The highest BCUT2D eigenvalue weighted by Gasteiger charge is 2.30. The lowest BCUT2D eigenvalue weighted by molar-refractivity contribution is 0.351. The number of nitrogens with zero attached hydrogens (tertiary/aromatic N) is 1. The second kappa shape index (κ2) is 6.98. The molecular weight excluding hydrogens is 385 g/mol. The van der Waals surface area contributed by atoms with Gasteiger partial charge in [0.2, 0.25) is 0 Å². The molecule has 0 radical (unpaired) electrons. The first-order chi connectivity index (χ1) is 8.83. The Morgan fingerprint density at radius 1 is 1.25 bits per heavy atom. The minimum atomic E-state index is -0.0348. The van der Waals surface area contributed by atoms with Crippen LogP contribution < -0.4 is 11.1 Å². The lowest BCUT2D eigenvalue weighted by Gasteiger charge is -2.33. The maximum atomic E-state index is 5.90. The average Bonchev–Trinajstić information content (AvgIpc) is 2.22. The van der Waals surface area contributed by atoms with Gasteiger partial charge in [0.15, 0.2) is 5.96 Å². The van der Waals surface area contributed by atoms with Crippen molar-refractivity contribution in [3.8, 4) is 0 Å². The fourth-order valence-corrected chi connectivity index (χ4v) is 2.44. The van der Waals surface area contributed by atoms with Crippen LogP contribution in [0.25, 0.3) is 0 Å². The fraction of sp³-hybridized carbons (Fsp3) is 0.533. The number of nitrogens with two attached hydrogens (primary N) is 1. The van der Waals surface area contributed by atoms with Crippen LogP contribution in [0.2, 0.25) is 5.02 Å². The van der Waals surface area contributed by atoms with Gasteiger partial charge in [-0.1, -0.05) is 23.7 Å². The summed E-state index contributed by atoms with van der Waals surface area (Å²) in [6, 6.07) is 8.44. The van der Waals surface area contributed by atoms with E-state index in [-0.39, 0.29) is 29.5 Å². The summed E-state index contributed by atoms with van der Waals surface area (Å²) in [4.78, 5) is 4.52. The molecule has 2 rings (SSSR count). The monoisotopic (exact) mass is 407 g/mol. The molecular formula is C15H23ClIN3. The van der Waals surface area contributed by atoms with Gasteiger partial charge in [0.05, 0.1) is 6.04 Å². The van der Waals surface area contributed by atoms with Crippen LogP contribution in [0.4, 0.5) is 0 Å². The third-order valence-corrected chi connectivity index (χ3v) is 3.53. The zero-order chi connectivity index (χ0) is 14.0. The van der Waals surface area contributed by atoms with Crippen LogP contribution in [-0.2, 0) is 0 Å². The minimum Gasteiger partial charge on any atom is -0.370 e. The third-order valence-electron chi connectivity index (χ3n) is 3.28. The molecule has 1 fully saturated rings. The Bertz CT molecular complexity index is 459. The zero-order valence-corrected chi connectivity index (χ0v) is 15.3. The van der Waals surface area contributed by atoms with Crippen LogP contribution in [0.3, 0.4) is 0 Å². The highest BCUT2D eigenvalue weighted by atomic mass is 127. The van der Waals surface area contributed by atoms with Gasteiger partial charge in [0.1, 0.15) is 0 Å². The number of halogens is 2. The lowest BCUT2D eigenvalue weighted by Crippen LogP contribution is -2.46. The Kier molecular flexibility index (Phi) is 6.13.